The fraction of sp³-hybridized carbons (Fsp3) is 1.00. The van der Waals surface area contributed by atoms with Crippen molar-refractivity contribution < 1.29 is 0 Å². The number of hydrogen-bond acceptors (Lipinski definition) is 2. The Morgan fingerprint density at radius 1 is 1.11 bits per heavy atom. The number of hydrogen-bond donors (Lipinski definition) is 1. The molecule has 1 saturated heterocycles. The molecule has 0 radical (unpaired) electrons. The summed E-state index contributed by atoms with van der Waals surface area (Å²) < 4.78 is 0. The summed E-state index contributed by atoms with van der Waals surface area (Å²) in [6.07, 6.45) is 7.46. The first-order valence-corrected chi connectivity index (χ1v) is 8.07. The molecular weight excluding hydrogens is 220 g/mol. The smallest absolute Gasteiger partial charge is 0.0120 e. The van der Waals surface area contributed by atoms with Crippen LogP contribution in [-0.4, -0.2) is 37.1 Å². The first-order chi connectivity index (χ1) is 8.63. The fourth-order valence-electron chi connectivity index (χ4n) is 4.75. The van der Waals surface area contributed by atoms with Crippen molar-refractivity contribution in [2.45, 2.75) is 58.0 Å². The van der Waals surface area contributed by atoms with Gasteiger partial charge >= 0.3 is 0 Å². The number of nitrogens with one attached hydrogen (secondary N) is 1. The second kappa shape index (κ2) is 5.13. The summed E-state index contributed by atoms with van der Waals surface area (Å²) in [6.45, 7) is 7.35. The van der Waals surface area contributed by atoms with Gasteiger partial charge in [0.1, 0.15) is 0 Å². The van der Waals surface area contributed by atoms with E-state index in [-0.39, 0.29) is 0 Å². The molecule has 6 unspecified atom stereocenters. The van der Waals surface area contributed by atoms with Gasteiger partial charge in [0, 0.05) is 18.6 Å². The Labute approximate surface area is 113 Å². The standard InChI is InChI=1S/C16H30N2/c1-11-10-18(3)12(2)6-16(11)17-9-15-8-13-4-5-14(15)7-13/h11-17H,4-10H2,1-3H3. The van der Waals surface area contributed by atoms with E-state index in [4.69, 9.17) is 0 Å². The maximum atomic E-state index is 3.92. The summed E-state index contributed by atoms with van der Waals surface area (Å²) >= 11 is 0. The predicted octanol–water partition coefficient (Wildman–Crippen LogP) is 2.74. The zero-order valence-electron chi connectivity index (χ0n) is 12.4. The lowest BCUT2D eigenvalue weighted by molar-refractivity contribution is 0.117. The highest BCUT2D eigenvalue weighted by atomic mass is 15.2. The fourth-order valence-corrected chi connectivity index (χ4v) is 4.75. The topological polar surface area (TPSA) is 15.3 Å². The summed E-state index contributed by atoms with van der Waals surface area (Å²) in [4.78, 5) is 2.51. The van der Waals surface area contributed by atoms with Gasteiger partial charge in [-0.15, -0.1) is 0 Å². The van der Waals surface area contributed by atoms with Gasteiger partial charge in [-0.1, -0.05) is 13.3 Å². The zero-order valence-corrected chi connectivity index (χ0v) is 12.4. The Morgan fingerprint density at radius 3 is 2.61 bits per heavy atom. The van der Waals surface area contributed by atoms with Crippen LogP contribution in [-0.2, 0) is 0 Å². The van der Waals surface area contributed by atoms with Gasteiger partial charge in [0.15, 0.2) is 0 Å². The molecule has 104 valence electrons. The van der Waals surface area contributed by atoms with Crippen molar-refractivity contribution >= 4 is 0 Å². The Morgan fingerprint density at radius 2 is 1.94 bits per heavy atom. The first kappa shape index (κ1) is 12.9. The quantitative estimate of drug-likeness (QED) is 0.828. The lowest BCUT2D eigenvalue weighted by atomic mass is 9.86. The molecule has 1 heterocycles. The number of likely N-dealkylation sites (tertiary alicyclic amines) is 1. The van der Waals surface area contributed by atoms with Crippen LogP contribution >= 0.6 is 0 Å². The van der Waals surface area contributed by atoms with Crippen molar-refractivity contribution in [1.29, 1.82) is 0 Å². The second-order valence-electron chi connectivity index (χ2n) is 7.45. The largest absolute Gasteiger partial charge is 0.313 e. The van der Waals surface area contributed by atoms with E-state index in [0.717, 1.165) is 35.8 Å². The number of nitrogens with zero attached hydrogens (tertiary/aromatic N) is 1. The number of rotatable bonds is 3. The minimum absolute atomic E-state index is 0.749. The van der Waals surface area contributed by atoms with Crippen LogP contribution in [0.4, 0.5) is 0 Å². The summed E-state index contributed by atoms with van der Waals surface area (Å²) in [5, 5.41) is 3.92. The van der Waals surface area contributed by atoms with Crippen molar-refractivity contribution in [3.05, 3.63) is 0 Å². The van der Waals surface area contributed by atoms with Gasteiger partial charge in [0.25, 0.3) is 0 Å². The third kappa shape index (κ3) is 2.46. The maximum absolute atomic E-state index is 3.92. The Bertz CT molecular complexity index is 291. The molecule has 2 nitrogen and oxygen atoms in total. The van der Waals surface area contributed by atoms with Gasteiger partial charge in [-0.05, 0) is 69.9 Å². The Balaban J connectivity index is 1.48. The van der Waals surface area contributed by atoms with E-state index in [2.05, 4.69) is 31.1 Å². The monoisotopic (exact) mass is 250 g/mol. The molecule has 0 aromatic carbocycles. The van der Waals surface area contributed by atoms with E-state index in [1.54, 1.807) is 6.42 Å². The number of piperidine rings is 1. The molecule has 0 amide bonds. The van der Waals surface area contributed by atoms with Crippen molar-refractivity contribution in [2.75, 3.05) is 20.1 Å². The van der Waals surface area contributed by atoms with Crippen LogP contribution < -0.4 is 5.32 Å². The highest BCUT2D eigenvalue weighted by molar-refractivity contribution is 4.93. The molecule has 3 aliphatic rings. The maximum Gasteiger partial charge on any atom is 0.0120 e. The summed E-state index contributed by atoms with van der Waals surface area (Å²) in [5.41, 5.74) is 0. The van der Waals surface area contributed by atoms with Gasteiger partial charge in [-0.2, -0.15) is 0 Å². The summed E-state index contributed by atoms with van der Waals surface area (Å²) in [6, 6.07) is 1.51. The van der Waals surface area contributed by atoms with Crippen LogP contribution in [0.15, 0.2) is 0 Å². The lowest BCUT2D eigenvalue weighted by Gasteiger charge is -2.40. The number of fused-ring (bicyclic) bond motifs is 2. The van der Waals surface area contributed by atoms with Crippen molar-refractivity contribution in [2.24, 2.45) is 23.7 Å². The summed E-state index contributed by atoms with van der Waals surface area (Å²) in [7, 11) is 2.27. The van der Waals surface area contributed by atoms with Crippen LogP contribution in [0.3, 0.4) is 0 Å². The molecule has 0 aromatic rings. The minimum Gasteiger partial charge on any atom is -0.313 e. The predicted molar refractivity (Wildman–Crippen MR) is 76.6 cm³/mol. The molecule has 1 N–H and O–H groups in total. The molecule has 3 rings (SSSR count). The van der Waals surface area contributed by atoms with E-state index in [0.29, 0.717) is 0 Å². The van der Waals surface area contributed by atoms with Crippen LogP contribution in [0.2, 0.25) is 0 Å². The highest BCUT2D eigenvalue weighted by Crippen LogP contribution is 2.48. The van der Waals surface area contributed by atoms with Crippen LogP contribution in [0.25, 0.3) is 0 Å². The normalized spacial score (nSPS) is 48.8. The summed E-state index contributed by atoms with van der Waals surface area (Å²) in [5.74, 6) is 3.98. The molecule has 2 aliphatic carbocycles. The lowest BCUT2D eigenvalue weighted by Crippen LogP contribution is -2.51. The van der Waals surface area contributed by atoms with Gasteiger partial charge in [-0.3, -0.25) is 0 Å². The third-order valence-corrected chi connectivity index (χ3v) is 6.14. The average molecular weight is 250 g/mol. The molecule has 0 aromatic heterocycles. The van der Waals surface area contributed by atoms with Crippen molar-refractivity contribution in [3.63, 3.8) is 0 Å². The minimum atomic E-state index is 0.749. The first-order valence-electron chi connectivity index (χ1n) is 8.07. The molecule has 6 atom stereocenters. The molecule has 2 heteroatoms. The average Bonchev–Trinajstić information content (AvgIpc) is 2.94. The van der Waals surface area contributed by atoms with E-state index >= 15 is 0 Å². The molecule has 2 bridgehead atoms. The zero-order chi connectivity index (χ0) is 12.7. The van der Waals surface area contributed by atoms with E-state index in [1.165, 1.54) is 38.8 Å². The van der Waals surface area contributed by atoms with Crippen molar-refractivity contribution in [3.8, 4) is 0 Å². The Hall–Kier alpha value is -0.0800. The Kier molecular flexibility index (Phi) is 3.68. The van der Waals surface area contributed by atoms with Crippen LogP contribution in [0, 0.1) is 23.7 Å². The SMILES string of the molecule is CC1CN(C)C(C)CC1NCC1CC2CCC1C2. The van der Waals surface area contributed by atoms with Crippen LogP contribution in [0.5, 0.6) is 0 Å². The highest BCUT2D eigenvalue weighted by Gasteiger charge is 2.39. The van der Waals surface area contributed by atoms with Gasteiger partial charge < -0.3 is 10.2 Å². The van der Waals surface area contributed by atoms with E-state index < -0.39 is 0 Å². The van der Waals surface area contributed by atoms with Gasteiger partial charge in [0.05, 0.1) is 0 Å². The molecule has 1 aliphatic heterocycles. The van der Waals surface area contributed by atoms with Gasteiger partial charge in [0.2, 0.25) is 0 Å². The van der Waals surface area contributed by atoms with E-state index in [1.807, 2.05) is 0 Å². The van der Waals surface area contributed by atoms with E-state index in [9.17, 15) is 0 Å². The molecule has 2 saturated carbocycles. The molecule has 0 spiro atoms. The van der Waals surface area contributed by atoms with Crippen LogP contribution in [0.1, 0.15) is 46.0 Å². The molecule has 18 heavy (non-hydrogen) atoms. The second-order valence-corrected chi connectivity index (χ2v) is 7.45. The van der Waals surface area contributed by atoms with Crippen molar-refractivity contribution in [1.82, 2.24) is 10.2 Å². The molecule has 3 fully saturated rings. The van der Waals surface area contributed by atoms with Gasteiger partial charge in [-0.25, -0.2) is 0 Å². The third-order valence-electron chi connectivity index (χ3n) is 6.14. The molecular formula is C16H30N2.